The SMILES string of the molecule is Cn1cc(Cl)c(C(N)CN)n1. The third kappa shape index (κ3) is 1.71. The van der Waals surface area contributed by atoms with Gasteiger partial charge in [0, 0.05) is 19.8 Å². The number of hydrogen-bond donors (Lipinski definition) is 2. The lowest BCUT2D eigenvalue weighted by Gasteiger charge is -2.03. The van der Waals surface area contributed by atoms with Crippen LogP contribution in [0.5, 0.6) is 0 Å². The Morgan fingerprint density at radius 3 is 2.82 bits per heavy atom. The topological polar surface area (TPSA) is 69.9 Å². The molecule has 0 aliphatic rings. The van der Waals surface area contributed by atoms with Crippen LogP contribution in [-0.4, -0.2) is 16.3 Å². The third-order valence-corrected chi connectivity index (χ3v) is 1.71. The molecule has 4 N–H and O–H groups in total. The lowest BCUT2D eigenvalue weighted by Crippen LogP contribution is -2.21. The van der Waals surface area contributed by atoms with Gasteiger partial charge in [-0.05, 0) is 0 Å². The van der Waals surface area contributed by atoms with Crippen LogP contribution in [0.15, 0.2) is 6.20 Å². The molecule has 11 heavy (non-hydrogen) atoms. The minimum atomic E-state index is -0.260. The van der Waals surface area contributed by atoms with Crippen molar-refractivity contribution in [2.75, 3.05) is 6.54 Å². The van der Waals surface area contributed by atoms with Crippen molar-refractivity contribution < 1.29 is 0 Å². The van der Waals surface area contributed by atoms with Gasteiger partial charge in [0.2, 0.25) is 0 Å². The first-order valence-electron chi connectivity index (χ1n) is 3.30. The summed E-state index contributed by atoms with van der Waals surface area (Å²) in [5.74, 6) is 0. The first-order valence-corrected chi connectivity index (χ1v) is 3.67. The number of halogens is 1. The van der Waals surface area contributed by atoms with Gasteiger partial charge in [0.15, 0.2) is 0 Å². The average Bonchev–Trinajstić information content (AvgIpc) is 2.28. The molecule has 1 atom stereocenters. The van der Waals surface area contributed by atoms with E-state index in [9.17, 15) is 0 Å². The summed E-state index contributed by atoms with van der Waals surface area (Å²) < 4.78 is 1.62. The van der Waals surface area contributed by atoms with Gasteiger partial charge in [-0.1, -0.05) is 11.6 Å². The quantitative estimate of drug-likeness (QED) is 0.665. The molecule has 1 aromatic heterocycles. The maximum atomic E-state index is 5.80. The monoisotopic (exact) mass is 174 g/mol. The van der Waals surface area contributed by atoms with E-state index in [0.29, 0.717) is 17.3 Å². The molecule has 0 fully saturated rings. The Hall–Kier alpha value is -0.580. The molecule has 0 aliphatic heterocycles. The second kappa shape index (κ2) is 3.21. The van der Waals surface area contributed by atoms with Gasteiger partial charge in [-0.3, -0.25) is 4.68 Å². The molecule has 5 heteroatoms. The second-order valence-electron chi connectivity index (χ2n) is 2.38. The lowest BCUT2D eigenvalue weighted by molar-refractivity contribution is 0.667. The highest BCUT2D eigenvalue weighted by Gasteiger charge is 2.11. The zero-order valence-electron chi connectivity index (χ0n) is 6.29. The molecule has 0 spiro atoms. The average molecular weight is 175 g/mol. The van der Waals surface area contributed by atoms with E-state index in [4.69, 9.17) is 23.1 Å². The van der Waals surface area contributed by atoms with E-state index in [0.717, 1.165) is 0 Å². The summed E-state index contributed by atoms with van der Waals surface area (Å²) in [5, 5.41) is 4.64. The number of aryl methyl sites for hydroxylation is 1. The zero-order valence-corrected chi connectivity index (χ0v) is 7.04. The number of aromatic nitrogens is 2. The highest BCUT2D eigenvalue weighted by Crippen LogP contribution is 2.17. The van der Waals surface area contributed by atoms with Gasteiger partial charge in [-0.15, -0.1) is 0 Å². The highest BCUT2D eigenvalue weighted by atomic mass is 35.5. The molecule has 0 aliphatic carbocycles. The van der Waals surface area contributed by atoms with Crippen LogP contribution in [0.25, 0.3) is 0 Å². The molecule has 0 saturated carbocycles. The Morgan fingerprint density at radius 2 is 2.45 bits per heavy atom. The predicted molar refractivity (Wildman–Crippen MR) is 44.2 cm³/mol. The van der Waals surface area contributed by atoms with Gasteiger partial charge in [0.1, 0.15) is 0 Å². The van der Waals surface area contributed by atoms with Crippen LogP contribution in [0, 0.1) is 0 Å². The van der Waals surface area contributed by atoms with Crippen molar-refractivity contribution in [1.82, 2.24) is 9.78 Å². The van der Waals surface area contributed by atoms with Crippen molar-refractivity contribution in [1.29, 1.82) is 0 Å². The van der Waals surface area contributed by atoms with Crippen LogP contribution in [0.1, 0.15) is 11.7 Å². The molecule has 4 nitrogen and oxygen atoms in total. The number of nitrogens with zero attached hydrogens (tertiary/aromatic N) is 2. The fraction of sp³-hybridized carbons (Fsp3) is 0.500. The molecular formula is C6H11ClN4. The van der Waals surface area contributed by atoms with Crippen molar-refractivity contribution in [3.8, 4) is 0 Å². The van der Waals surface area contributed by atoms with E-state index in [2.05, 4.69) is 5.10 Å². The van der Waals surface area contributed by atoms with Gasteiger partial charge in [-0.2, -0.15) is 5.10 Å². The molecule has 1 aromatic rings. The fourth-order valence-corrected chi connectivity index (χ4v) is 1.16. The predicted octanol–water partition coefficient (Wildman–Crippen LogP) is 0.0320. The zero-order chi connectivity index (χ0) is 8.43. The van der Waals surface area contributed by atoms with Crippen molar-refractivity contribution in [3.63, 3.8) is 0 Å². The van der Waals surface area contributed by atoms with E-state index in [-0.39, 0.29) is 6.04 Å². The molecule has 0 aromatic carbocycles. The van der Waals surface area contributed by atoms with E-state index in [1.807, 2.05) is 0 Å². The number of hydrogen-bond acceptors (Lipinski definition) is 3. The van der Waals surface area contributed by atoms with Crippen LogP contribution in [0.4, 0.5) is 0 Å². The Kier molecular flexibility index (Phi) is 2.49. The van der Waals surface area contributed by atoms with Gasteiger partial charge < -0.3 is 11.5 Å². The Balaban J connectivity index is 2.93. The van der Waals surface area contributed by atoms with E-state index >= 15 is 0 Å². The molecule has 0 amide bonds. The van der Waals surface area contributed by atoms with Crippen molar-refractivity contribution in [3.05, 3.63) is 16.9 Å². The fourth-order valence-electron chi connectivity index (χ4n) is 0.840. The minimum Gasteiger partial charge on any atom is -0.329 e. The van der Waals surface area contributed by atoms with Gasteiger partial charge in [-0.25, -0.2) is 0 Å². The third-order valence-electron chi connectivity index (χ3n) is 1.42. The first kappa shape index (κ1) is 8.52. The Bertz CT molecular complexity index is 245. The maximum absolute atomic E-state index is 5.80. The summed E-state index contributed by atoms with van der Waals surface area (Å²) >= 11 is 5.80. The summed E-state index contributed by atoms with van der Waals surface area (Å²) in [6.07, 6.45) is 1.70. The van der Waals surface area contributed by atoms with Crippen LogP contribution in [0.3, 0.4) is 0 Å². The molecule has 0 saturated heterocycles. The number of nitrogens with two attached hydrogens (primary N) is 2. The highest BCUT2D eigenvalue weighted by molar-refractivity contribution is 6.31. The van der Waals surface area contributed by atoms with Gasteiger partial charge >= 0.3 is 0 Å². The standard InChI is InChI=1S/C6H11ClN4/c1-11-3-4(7)6(10-11)5(9)2-8/h3,5H,2,8-9H2,1H3. The molecular weight excluding hydrogens is 164 g/mol. The molecule has 62 valence electrons. The second-order valence-corrected chi connectivity index (χ2v) is 2.79. The van der Waals surface area contributed by atoms with Crippen molar-refractivity contribution in [2.45, 2.75) is 6.04 Å². The first-order chi connectivity index (χ1) is 5.15. The van der Waals surface area contributed by atoms with E-state index in [1.165, 1.54) is 0 Å². The lowest BCUT2D eigenvalue weighted by atomic mass is 10.2. The largest absolute Gasteiger partial charge is 0.329 e. The normalized spacial score (nSPS) is 13.5. The molecule has 1 heterocycles. The van der Waals surface area contributed by atoms with E-state index < -0.39 is 0 Å². The Labute approximate surface area is 70.1 Å². The van der Waals surface area contributed by atoms with Gasteiger partial charge in [0.05, 0.1) is 16.8 Å². The Morgan fingerprint density at radius 1 is 1.82 bits per heavy atom. The molecule has 0 radical (unpaired) electrons. The van der Waals surface area contributed by atoms with Crippen molar-refractivity contribution in [2.24, 2.45) is 18.5 Å². The molecule has 0 bridgehead atoms. The van der Waals surface area contributed by atoms with Crippen LogP contribution < -0.4 is 11.5 Å². The smallest absolute Gasteiger partial charge is 0.0990 e. The summed E-state index contributed by atoms with van der Waals surface area (Å²) in [6, 6.07) is -0.260. The van der Waals surface area contributed by atoms with Crippen LogP contribution >= 0.6 is 11.6 Å². The van der Waals surface area contributed by atoms with Crippen LogP contribution in [-0.2, 0) is 7.05 Å². The van der Waals surface area contributed by atoms with Crippen LogP contribution in [0.2, 0.25) is 5.02 Å². The summed E-state index contributed by atoms with van der Waals surface area (Å²) in [5.41, 5.74) is 11.6. The molecule has 1 rings (SSSR count). The summed E-state index contributed by atoms with van der Waals surface area (Å²) in [4.78, 5) is 0. The molecule has 1 unspecified atom stereocenters. The number of rotatable bonds is 2. The van der Waals surface area contributed by atoms with Crippen molar-refractivity contribution >= 4 is 11.6 Å². The van der Waals surface area contributed by atoms with Gasteiger partial charge in [0.25, 0.3) is 0 Å². The van der Waals surface area contributed by atoms with E-state index in [1.54, 1.807) is 17.9 Å². The maximum Gasteiger partial charge on any atom is 0.0990 e. The summed E-state index contributed by atoms with van der Waals surface area (Å²) in [7, 11) is 1.79. The summed E-state index contributed by atoms with van der Waals surface area (Å²) in [6.45, 7) is 0.358. The minimum absolute atomic E-state index is 0.260.